The number of amides is 1. The Morgan fingerprint density at radius 3 is 3.12 bits per heavy atom. The van der Waals surface area contributed by atoms with Gasteiger partial charge in [-0.15, -0.1) is 0 Å². The Balaban J connectivity index is 2.07. The summed E-state index contributed by atoms with van der Waals surface area (Å²) in [5, 5.41) is 2.78. The maximum absolute atomic E-state index is 13.5. The van der Waals surface area contributed by atoms with E-state index in [0.29, 0.717) is 5.92 Å². The van der Waals surface area contributed by atoms with E-state index in [1.807, 2.05) is 0 Å². The Morgan fingerprint density at radius 2 is 2.50 bits per heavy atom. The zero-order chi connectivity index (χ0) is 11.7. The van der Waals surface area contributed by atoms with Crippen LogP contribution in [0.5, 0.6) is 0 Å². The van der Waals surface area contributed by atoms with Crippen LogP contribution in [-0.2, 0) is 0 Å². The second-order valence-electron chi connectivity index (χ2n) is 4.04. The molecule has 2 atom stereocenters. The number of nitrogen functional groups attached to an aromatic ring is 1. The third kappa shape index (κ3) is 1.98. The molecule has 0 bridgehead atoms. The monoisotopic (exact) mass is 223 g/mol. The summed E-state index contributed by atoms with van der Waals surface area (Å²) in [4.78, 5) is 15.3. The van der Waals surface area contributed by atoms with Crippen LogP contribution in [0, 0.1) is 11.7 Å². The number of halogens is 1. The summed E-state index contributed by atoms with van der Waals surface area (Å²) in [6.45, 7) is 2.07. The van der Waals surface area contributed by atoms with Crippen LogP contribution in [0.4, 0.5) is 10.2 Å². The zero-order valence-electron chi connectivity index (χ0n) is 9.03. The molecule has 0 saturated heterocycles. The molecule has 1 aromatic rings. The number of nitrogens with one attached hydrogen (secondary N) is 1. The molecule has 1 aromatic heterocycles. The van der Waals surface area contributed by atoms with Gasteiger partial charge < -0.3 is 11.1 Å². The molecule has 0 aromatic carbocycles. The molecule has 5 heteroatoms. The Hall–Kier alpha value is -1.65. The molecule has 1 aliphatic rings. The highest BCUT2D eigenvalue weighted by Gasteiger charge is 2.36. The van der Waals surface area contributed by atoms with Crippen LogP contribution in [-0.4, -0.2) is 16.9 Å². The number of hydrogen-bond donors (Lipinski definition) is 2. The highest BCUT2D eigenvalue weighted by molar-refractivity contribution is 5.95. The summed E-state index contributed by atoms with van der Waals surface area (Å²) in [6, 6.07) is 1.52. The van der Waals surface area contributed by atoms with E-state index in [2.05, 4.69) is 17.2 Å². The highest BCUT2D eigenvalue weighted by atomic mass is 19.1. The first kappa shape index (κ1) is 10.9. The fourth-order valence-electron chi connectivity index (χ4n) is 1.76. The third-order valence-electron chi connectivity index (χ3n) is 2.92. The molecule has 16 heavy (non-hydrogen) atoms. The summed E-state index contributed by atoms with van der Waals surface area (Å²) in [5.74, 6) is -0.858. The van der Waals surface area contributed by atoms with E-state index in [9.17, 15) is 9.18 Å². The van der Waals surface area contributed by atoms with Gasteiger partial charge in [-0.1, -0.05) is 13.3 Å². The van der Waals surface area contributed by atoms with Gasteiger partial charge >= 0.3 is 0 Å². The summed E-state index contributed by atoms with van der Waals surface area (Å²) in [7, 11) is 0. The van der Waals surface area contributed by atoms with Crippen LogP contribution in [0.3, 0.4) is 0 Å². The molecule has 1 aliphatic carbocycles. The summed E-state index contributed by atoms with van der Waals surface area (Å²) < 4.78 is 13.5. The van der Waals surface area contributed by atoms with Crippen LogP contribution >= 0.6 is 0 Å². The van der Waals surface area contributed by atoms with Gasteiger partial charge in [-0.3, -0.25) is 4.79 Å². The molecule has 3 N–H and O–H groups in total. The third-order valence-corrected chi connectivity index (χ3v) is 2.92. The zero-order valence-corrected chi connectivity index (χ0v) is 9.03. The average molecular weight is 223 g/mol. The standard InChI is InChI=1S/C11H14FN3O/c1-2-6-5-8(6)15-11(16)7-3-4-14-10(13)9(7)12/h3-4,6,8H,2,5H2,1H3,(H2,13,14)(H,15,16). The normalized spacial score (nSPS) is 22.9. The van der Waals surface area contributed by atoms with Crippen molar-refractivity contribution in [3.8, 4) is 0 Å². The summed E-state index contributed by atoms with van der Waals surface area (Å²) in [6.07, 6.45) is 3.34. The first-order chi connectivity index (χ1) is 7.63. The van der Waals surface area contributed by atoms with Crippen molar-refractivity contribution in [2.75, 3.05) is 5.73 Å². The molecule has 0 aliphatic heterocycles. The van der Waals surface area contributed by atoms with Crippen molar-refractivity contribution in [3.63, 3.8) is 0 Å². The lowest BCUT2D eigenvalue weighted by Crippen LogP contribution is -2.28. The molecule has 2 rings (SSSR count). The van der Waals surface area contributed by atoms with E-state index < -0.39 is 11.7 Å². The van der Waals surface area contributed by atoms with Crippen LogP contribution in [0.15, 0.2) is 12.3 Å². The Labute approximate surface area is 93.1 Å². The Bertz CT molecular complexity index is 422. The van der Waals surface area contributed by atoms with Gasteiger partial charge in [0.05, 0.1) is 5.56 Å². The van der Waals surface area contributed by atoms with Crippen LogP contribution < -0.4 is 11.1 Å². The number of carbonyl (C=O) groups excluding carboxylic acids is 1. The smallest absolute Gasteiger partial charge is 0.254 e. The van der Waals surface area contributed by atoms with Crippen LogP contribution in [0.2, 0.25) is 0 Å². The Morgan fingerprint density at radius 1 is 1.75 bits per heavy atom. The largest absolute Gasteiger partial charge is 0.381 e. The lowest BCUT2D eigenvalue weighted by atomic mass is 10.2. The average Bonchev–Trinajstić information content (AvgIpc) is 3.00. The first-order valence-electron chi connectivity index (χ1n) is 5.34. The number of pyridine rings is 1. The van der Waals surface area contributed by atoms with Crippen LogP contribution in [0.25, 0.3) is 0 Å². The van der Waals surface area contributed by atoms with Crippen molar-refractivity contribution in [1.82, 2.24) is 10.3 Å². The second kappa shape index (κ2) is 4.08. The van der Waals surface area contributed by atoms with Gasteiger partial charge in [0, 0.05) is 12.2 Å². The minimum atomic E-state index is -0.742. The van der Waals surface area contributed by atoms with E-state index in [1.165, 1.54) is 12.3 Å². The number of hydrogen-bond acceptors (Lipinski definition) is 3. The highest BCUT2D eigenvalue weighted by Crippen LogP contribution is 2.33. The van der Waals surface area contributed by atoms with Gasteiger partial charge in [-0.25, -0.2) is 9.37 Å². The first-order valence-corrected chi connectivity index (χ1v) is 5.34. The van der Waals surface area contributed by atoms with E-state index >= 15 is 0 Å². The topological polar surface area (TPSA) is 68.0 Å². The fraction of sp³-hybridized carbons (Fsp3) is 0.455. The maximum Gasteiger partial charge on any atom is 0.254 e. The van der Waals surface area contributed by atoms with E-state index in [0.717, 1.165) is 12.8 Å². The van der Waals surface area contributed by atoms with Crippen molar-refractivity contribution in [2.45, 2.75) is 25.8 Å². The lowest BCUT2D eigenvalue weighted by molar-refractivity contribution is 0.0945. The molecule has 1 amide bonds. The summed E-state index contributed by atoms with van der Waals surface area (Å²) in [5.41, 5.74) is 5.26. The molecule has 1 saturated carbocycles. The van der Waals surface area contributed by atoms with Crippen molar-refractivity contribution in [1.29, 1.82) is 0 Å². The molecule has 2 unspecified atom stereocenters. The molecule has 4 nitrogen and oxygen atoms in total. The molecule has 1 fully saturated rings. The molecule has 0 spiro atoms. The fourth-order valence-corrected chi connectivity index (χ4v) is 1.76. The quantitative estimate of drug-likeness (QED) is 0.812. The van der Waals surface area contributed by atoms with Gasteiger partial charge in [-0.05, 0) is 18.4 Å². The van der Waals surface area contributed by atoms with Gasteiger partial charge in [0.2, 0.25) is 0 Å². The molecule has 86 valence electrons. The molecule has 0 radical (unpaired) electrons. The number of anilines is 1. The van der Waals surface area contributed by atoms with Gasteiger partial charge in [0.15, 0.2) is 11.6 Å². The Kier molecular flexibility index (Phi) is 2.77. The number of nitrogens with zero attached hydrogens (tertiary/aromatic N) is 1. The van der Waals surface area contributed by atoms with E-state index in [4.69, 9.17) is 5.73 Å². The minimum absolute atomic E-state index is 0.0331. The number of rotatable bonds is 3. The lowest BCUT2D eigenvalue weighted by Gasteiger charge is -2.05. The molecule has 1 heterocycles. The number of nitrogens with two attached hydrogens (primary N) is 1. The predicted octanol–water partition coefficient (Wildman–Crippen LogP) is 1.33. The molecular weight excluding hydrogens is 209 g/mol. The van der Waals surface area contributed by atoms with Crippen molar-refractivity contribution < 1.29 is 9.18 Å². The van der Waals surface area contributed by atoms with E-state index in [1.54, 1.807) is 0 Å². The van der Waals surface area contributed by atoms with Crippen LogP contribution in [0.1, 0.15) is 30.1 Å². The SMILES string of the molecule is CCC1CC1NC(=O)c1ccnc(N)c1F. The van der Waals surface area contributed by atoms with Gasteiger partial charge in [0.25, 0.3) is 5.91 Å². The van der Waals surface area contributed by atoms with Crippen molar-refractivity contribution >= 4 is 11.7 Å². The van der Waals surface area contributed by atoms with Crippen molar-refractivity contribution in [2.24, 2.45) is 5.92 Å². The maximum atomic E-state index is 13.5. The summed E-state index contributed by atoms with van der Waals surface area (Å²) >= 11 is 0. The van der Waals surface area contributed by atoms with Crippen molar-refractivity contribution in [3.05, 3.63) is 23.6 Å². The molecular formula is C11H14FN3O. The van der Waals surface area contributed by atoms with E-state index in [-0.39, 0.29) is 17.4 Å². The predicted molar refractivity (Wildman–Crippen MR) is 58.3 cm³/mol. The van der Waals surface area contributed by atoms with Gasteiger partial charge in [0.1, 0.15) is 0 Å². The number of carbonyl (C=O) groups is 1. The second-order valence-corrected chi connectivity index (χ2v) is 4.04. The van der Waals surface area contributed by atoms with Gasteiger partial charge in [-0.2, -0.15) is 0 Å². The number of aromatic nitrogens is 1. The minimum Gasteiger partial charge on any atom is -0.381 e.